The number of piperidine rings is 1. The summed E-state index contributed by atoms with van der Waals surface area (Å²) in [5.74, 6) is 4.91. The average Bonchev–Trinajstić information content (AvgIpc) is 2.47. The van der Waals surface area contributed by atoms with Crippen LogP contribution in [0.25, 0.3) is 0 Å². The lowest BCUT2D eigenvalue weighted by molar-refractivity contribution is -0.141. The molecule has 4 bridgehead atoms. The van der Waals surface area contributed by atoms with Crippen molar-refractivity contribution in [3.8, 4) is 0 Å². The number of nitrogens with two attached hydrogens (primary N) is 1. The normalized spacial score (nSPS) is 51.6. The summed E-state index contributed by atoms with van der Waals surface area (Å²) >= 11 is 0. The Hall–Kier alpha value is -0.0800. The first-order valence-corrected chi connectivity index (χ1v) is 9.21. The molecule has 5 rings (SSSR count). The topological polar surface area (TPSA) is 29.3 Å². The number of likely N-dealkylation sites (tertiary alicyclic amines) is 1. The van der Waals surface area contributed by atoms with E-state index in [9.17, 15) is 0 Å². The standard InChI is InChI=1S/C18H32N2/c1-2-13-4-3-5-20(11-13)18(12-19)16-7-14-6-15(9-16)10-17(18)8-14/h13-17H,2-12,19H2,1H3. The maximum atomic E-state index is 6.46. The maximum Gasteiger partial charge on any atom is 0.0388 e. The van der Waals surface area contributed by atoms with Crippen LogP contribution in [-0.2, 0) is 0 Å². The molecule has 1 heterocycles. The highest BCUT2D eigenvalue weighted by atomic mass is 15.2. The Morgan fingerprint density at radius 2 is 1.70 bits per heavy atom. The summed E-state index contributed by atoms with van der Waals surface area (Å²) in [7, 11) is 0. The number of rotatable bonds is 3. The van der Waals surface area contributed by atoms with Gasteiger partial charge in [0.05, 0.1) is 0 Å². The van der Waals surface area contributed by atoms with E-state index >= 15 is 0 Å². The Kier molecular flexibility index (Phi) is 3.38. The lowest BCUT2D eigenvalue weighted by Crippen LogP contribution is -2.70. The van der Waals surface area contributed by atoms with Crippen molar-refractivity contribution in [3.05, 3.63) is 0 Å². The minimum atomic E-state index is 0.404. The molecule has 5 aliphatic rings. The van der Waals surface area contributed by atoms with Crippen molar-refractivity contribution >= 4 is 0 Å². The molecule has 0 aromatic carbocycles. The van der Waals surface area contributed by atoms with Crippen LogP contribution >= 0.6 is 0 Å². The minimum Gasteiger partial charge on any atom is -0.329 e. The van der Waals surface area contributed by atoms with Crippen molar-refractivity contribution < 1.29 is 0 Å². The van der Waals surface area contributed by atoms with Gasteiger partial charge in [-0.3, -0.25) is 4.90 Å². The van der Waals surface area contributed by atoms with Crippen LogP contribution in [0.15, 0.2) is 0 Å². The largest absolute Gasteiger partial charge is 0.329 e. The van der Waals surface area contributed by atoms with Gasteiger partial charge in [-0.05, 0) is 81.1 Å². The number of nitrogens with zero attached hydrogens (tertiary/aromatic N) is 1. The lowest BCUT2D eigenvalue weighted by atomic mass is 9.48. The molecule has 0 aromatic rings. The van der Waals surface area contributed by atoms with Crippen molar-refractivity contribution in [1.82, 2.24) is 4.90 Å². The molecule has 1 aliphatic heterocycles. The molecule has 1 saturated heterocycles. The van der Waals surface area contributed by atoms with Crippen LogP contribution in [0.2, 0.25) is 0 Å². The molecular weight excluding hydrogens is 244 g/mol. The Labute approximate surface area is 124 Å². The van der Waals surface area contributed by atoms with Crippen LogP contribution in [0.4, 0.5) is 0 Å². The SMILES string of the molecule is CCC1CCCN(C2(CN)C3CC4CC(C3)CC2C4)C1. The predicted octanol–water partition coefficient (Wildman–Crippen LogP) is 3.26. The molecule has 20 heavy (non-hydrogen) atoms. The van der Waals surface area contributed by atoms with Crippen molar-refractivity contribution in [3.63, 3.8) is 0 Å². The van der Waals surface area contributed by atoms with Gasteiger partial charge < -0.3 is 5.73 Å². The molecule has 4 aliphatic carbocycles. The van der Waals surface area contributed by atoms with Crippen LogP contribution in [0.1, 0.15) is 58.3 Å². The zero-order valence-electron chi connectivity index (χ0n) is 13.2. The second-order valence-corrected chi connectivity index (χ2v) is 8.36. The number of hydrogen-bond donors (Lipinski definition) is 1. The van der Waals surface area contributed by atoms with Crippen LogP contribution in [0.3, 0.4) is 0 Å². The molecule has 0 amide bonds. The van der Waals surface area contributed by atoms with E-state index in [-0.39, 0.29) is 0 Å². The molecule has 2 heteroatoms. The summed E-state index contributed by atoms with van der Waals surface area (Å²) in [5.41, 5.74) is 6.87. The van der Waals surface area contributed by atoms with Gasteiger partial charge in [-0.1, -0.05) is 13.3 Å². The second-order valence-electron chi connectivity index (χ2n) is 8.36. The first-order valence-electron chi connectivity index (χ1n) is 9.21. The van der Waals surface area contributed by atoms with E-state index in [0.717, 1.165) is 36.1 Å². The third-order valence-electron chi connectivity index (χ3n) is 7.56. The minimum absolute atomic E-state index is 0.404. The fraction of sp³-hybridized carbons (Fsp3) is 1.00. The summed E-state index contributed by atoms with van der Waals surface area (Å²) in [6, 6.07) is 0. The van der Waals surface area contributed by atoms with Crippen LogP contribution in [0, 0.1) is 29.6 Å². The first kappa shape index (κ1) is 13.6. The summed E-state index contributed by atoms with van der Waals surface area (Å²) in [4.78, 5) is 2.90. The predicted molar refractivity (Wildman–Crippen MR) is 83.4 cm³/mol. The van der Waals surface area contributed by atoms with Gasteiger partial charge in [0.2, 0.25) is 0 Å². The third-order valence-corrected chi connectivity index (χ3v) is 7.56. The maximum absolute atomic E-state index is 6.46. The van der Waals surface area contributed by atoms with E-state index in [4.69, 9.17) is 5.73 Å². The highest BCUT2D eigenvalue weighted by Gasteiger charge is 2.59. The fourth-order valence-corrected chi connectivity index (χ4v) is 6.76. The Morgan fingerprint density at radius 3 is 2.25 bits per heavy atom. The van der Waals surface area contributed by atoms with Gasteiger partial charge in [-0.25, -0.2) is 0 Å². The Bertz CT molecular complexity index is 336. The molecule has 1 unspecified atom stereocenters. The van der Waals surface area contributed by atoms with Crippen LogP contribution in [0.5, 0.6) is 0 Å². The van der Waals surface area contributed by atoms with Gasteiger partial charge in [0.15, 0.2) is 0 Å². The zero-order valence-corrected chi connectivity index (χ0v) is 13.2. The van der Waals surface area contributed by atoms with E-state index in [1.165, 1.54) is 58.0 Å². The van der Waals surface area contributed by atoms with E-state index in [2.05, 4.69) is 11.8 Å². The van der Waals surface area contributed by atoms with Crippen LogP contribution in [-0.4, -0.2) is 30.1 Å². The molecule has 0 radical (unpaired) electrons. The monoisotopic (exact) mass is 276 g/mol. The molecule has 4 saturated carbocycles. The van der Waals surface area contributed by atoms with Gasteiger partial charge >= 0.3 is 0 Å². The highest BCUT2D eigenvalue weighted by Crippen LogP contribution is 2.60. The summed E-state index contributed by atoms with van der Waals surface area (Å²) in [6.45, 7) is 5.98. The van der Waals surface area contributed by atoms with Gasteiger partial charge in [0.25, 0.3) is 0 Å². The average molecular weight is 276 g/mol. The van der Waals surface area contributed by atoms with Gasteiger partial charge in [0, 0.05) is 18.6 Å². The molecule has 1 atom stereocenters. The molecule has 5 fully saturated rings. The van der Waals surface area contributed by atoms with E-state index in [0.29, 0.717) is 5.54 Å². The third kappa shape index (κ3) is 1.83. The van der Waals surface area contributed by atoms with Crippen molar-refractivity contribution in [2.24, 2.45) is 35.3 Å². The second kappa shape index (κ2) is 4.98. The van der Waals surface area contributed by atoms with E-state index < -0.39 is 0 Å². The molecule has 114 valence electrons. The number of hydrogen-bond acceptors (Lipinski definition) is 2. The van der Waals surface area contributed by atoms with E-state index in [1.807, 2.05) is 0 Å². The van der Waals surface area contributed by atoms with Gasteiger partial charge in [-0.15, -0.1) is 0 Å². The zero-order chi connectivity index (χ0) is 13.7. The summed E-state index contributed by atoms with van der Waals surface area (Å²) in [5, 5.41) is 0. The molecule has 0 aromatic heterocycles. The molecular formula is C18H32N2. The van der Waals surface area contributed by atoms with Crippen LogP contribution < -0.4 is 5.73 Å². The fourth-order valence-electron chi connectivity index (χ4n) is 6.76. The molecule has 2 nitrogen and oxygen atoms in total. The quantitative estimate of drug-likeness (QED) is 0.857. The van der Waals surface area contributed by atoms with Gasteiger partial charge in [-0.2, -0.15) is 0 Å². The van der Waals surface area contributed by atoms with Gasteiger partial charge in [0.1, 0.15) is 0 Å². The molecule has 2 N–H and O–H groups in total. The first-order chi connectivity index (χ1) is 9.76. The Morgan fingerprint density at radius 1 is 1.05 bits per heavy atom. The van der Waals surface area contributed by atoms with Crippen molar-refractivity contribution in [2.75, 3.05) is 19.6 Å². The van der Waals surface area contributed by atoms with E-state index in [1.54, 1.807) is 6.42 Å². The lowest BCUT2D eigenvalue weighted by Gasteiger charge is -2.65. The smallest absolute Gasteiger partial charge is 0.0388 e. The summed E-state index contributed by atoms with van der Waals surface area (Å²) < 4.78 is 0. The van der Waals surface area contributed by atoms with Crippen molar-refractivity contribution in [1.29, 1.82) is 0 Å². The van der Waals surface area contributed by atoms with Crippen molar-refractivity contribution in [2.45, 2.75) is 63.8 Å². The summed E-state index contributed by atoms with van der Waals surface area (Å²) in [6.07, 6.45) is 11.8. The Balaban J connectivity index is 1.62. The highest BCUT2D eigenvalue weighted by molar-refractivity contribution is 5.13. The molecule has 0 spiro atoms.